The van der Waals surface area contributed by atoms with E-state index in [1.807, 2.05) is 0 Å². The van der Waals surface area contributed by atoms with Crippen LogP contribution in [0.4, 0.5) is 24.5 Å². The molecule has 1 aromatic rings. The number of carbonyl (C=O) groups is 1. The lowest BCUT2D eigenvalue weighted by molar-refractivity contribution is -0.0885. The highest BCUT2D eigenvalue weighted by Gasteiger charge is 2.39. The van der Waals surface area contributed by atoms with Crippen LogP contribution in [-0.2, 0) is 0 Å². The summed E-state index contributed by atoms with van der Waals surface area (Å²) >= 11 is 0. The highest BCUT2D eigenvalue weighted by Crippen LogP contribution is 2.28. The number of hydrogen-bond donors (Lipinski definition) is 0. The van der Waals surface area contributed by atoms with Crippen molar-refractivity contribution in [2.75, 3.05) is 38.0 Å². The number of nitrogens with zero attached hydrogens (tertiary/aromatic N) is 2. The summed E-state index contributed by atoms with van der Waals surface area (Å²) < 4.78 is 37.3. The second kappa shape index (κ2) is 4.88. The van der Waals surface area contributed by atoms with Gasteiger partial charge in [-0.2, -0.15) is 13.2 Å². The lowest BCUT2D eigenvalue weighted by Gasteiger charge is -2.19. The molecule has 0 radical (unpaired) electrons. The molecule has 18 heavy (non-hydrogen) atoms. The number of Topliss-reactive ketones (excluding diaryl/α,β-unsaturated/α-hetero) is 1. The number of ketones is 1. The van der Waals surface area contributed by atoms with Crippen LogP contribution in [-0.4, -0.2) is 40.2 Å². The predicted octanol–water partition coefficient (Wildman–Crippen LogP) is 2.56. The molecule has 0 fully saturated rings. The van der Waals surface area contributed by atoms with Gasteiger partial charge in [-0.3, -0.25) is 4.79 Å². The molecular weight excluding hydrogens is 245 g/mol. The van der Waals surface area contributed by atoms with Crippen LogP contribution >= 0.6 is 0 Å². The molecule has 0 aliphatic carbocycles. The standard InChI is InChI=1S/C12H15F3N2O/c1-16(2)9-5-8(11(18)12(13,14)15)6-10(7-9)17(3)4/h5-7H,1-4H3. The van der Waals surface area contributed by atoms with Crippen LogP contribution in [0.2, 0.25) is 0 Å². The van der Waals surface area contributed by atoms with Crippen LogP contribution in [0.5, 0.6) is 0 Å². The minimum absolute atomic E-state index is 0.350. The zero-order valence-corrected chi connectivity index (χ0v) is 10.7. The second-order valence-electron chi connectivity index (χ2n) is 4.35. The van der Waals surface area contributed by atoms with Gasteiger partial charge >= 0.3 is 6.18 Å². The molecule has 0 saturated heterocycles. The van der Waals surface area contributed by atoms with Crippen LogP contribution < -0.4 is 9.80 Å². The molecule has 0 aliphatic heterocycles. The summed E-state index contributed by atoms with van der Waals surface area (Å²) in [5, 5.41) is 0. The first-order chi connectivity index (χ1) is 8.12. The average Bonchev–Trinajstić information content (AvgIpc) is 2.26. The average molecular weight is 260 g/mol. The van der Waals surface area contributed by atoms with Crippen molar-refractivity contribution >= 4 is 17.2 Å². The van der Waals surface area contributed by atoms with Gasteiger partial charge < -0.3 is 9.80 Å². The Morgan fingerprint density at radius 2 is 1.33 bits per heavy atom. The van der Waals surface area contributed by atoms with Crippen LogP contribution in [0.25, 0.3) is 0 Å². The Bertz CT molecular complexity index is 427. The fraction of sp³-hybridized carbons (Fsp3) is 0.417. The lowest BCUT2D eigenvalue weighted by Crippen LogP contribution is -2.24. The van der Waals surface area contributed by atoms with Gasteiger partial charge in [-0.1, -0.05) is 0 Å². The quantitative estimate of drug-likeness (QED) is 0.780. The summed E-state index contributed by atoms with van der Waals surface area (Å²) in [5.41, 5.74) is 0.750. The highest BCUT2D eigenvalue weighted by atomic mass is 19.4. The van der Waals surface area contributed by atoms with E-state index in [1.54, 1.807) is 44.1 Å². The highest BCUT2D eigenvalue weighted by molar-refractivity contribution is 6.01. The van der Waals surface area contributed by atoms with Crippen LogP contribution in [0.15, 0.2) is 18.2 Å². The summed E-state index contributed by atoms with van der Waals surface area (Å²) in [5.74, 6) is -1.82. The minimum Gasteiger partial charge on any atom is -0.378 e. The molecule has 0 saturated carbocycles. The summed E-state index contributed by atoms with van der Waals surface area (Å²) in [6.45, 7) is 0. The van der Waals surface area contributed by atoms with Gasteiger partial charge in [-0.15, -0.1) is 0 Å². The molecule has 0 bridgehead atoms. The van der Waals surface area contributed by atoms with Crippen molar-refractivity contribution in [3.8, 4) is 0 Å². The Labute approximate surface area is 104 Å². The van der Waals surface area contributed by atoms with E-state index in [9.17, 15) is 18.0 Å². The zero-order valence-electron chi connectivity index (χ0n) is 10.7. The van der Waals surface area contributed by atoms with Gasteiger partial charge in [0.1, 0.15) is 0 Å². The van der Waals surface area contributed by atoms with E-state index in [0.29, 0.717) is 11.4 Å². The normalized spacial score (nSPS) is 11.3. The molecule has 1 aromatic carbocycles. The van der Waals surface area contributed by atoms with Gasteiger partial charge in [0.2, 0.25) is 0 Å². The largest absolute Gasteiger partial charge is 0.454 e. The predicted molar refractivity (Wildman–Crippen MR) is 65.5 cm³/mol. The summed E-state index contributed by atoms with van der Waals surface area (Å²) in [4.78, 5) is 14.6. The fourth-order valence-corrected chi connectivity index (χ4v) is 1.41. The third-order valence-electron chi connectivity index (χ3n) is 2.45. The fourth-order valence-electron chi connectivity index (χ4n) is 1.41. The van der Waals surface area contributed by atoms with Crippen molar-refractivity contribution in [1.29, 1.82) is 0 Å². The van der Waals surface area contributed by atoms with Crippen LogP contribution in [0, 0.1) is 0 Å². The molecule has 3 nitrogen and oxygen atoms in total. The smallest absolute Gasteiger partial charge is 0.378 e. The first kappa shape index (κ1) is 14.3. The number of rotatable bonds is 3. The number of hydrogen-bond acceptors (Lipinski definition) is 3. The molecule has 0 amide bonds. The first-order valence-electron chi connectivity index (χ1n) is 5.24. The van der Waals surface area contributed by atoms with E-state index in [4.69, 9.17) is 0 Å². The van der Waals surface area contributed by atoms with E-state index in [0.717, 1.165) is 0 Å². The van der Waals surface area contributed by atoms with Crippen molar-refractivity contribution in [3.63, 3.8) is 0 Å². The van der Waals surface area contributed by atoms with Gasteiger partial charge in [0.25, 0.3) is 5.78 Å². The van der Waals surface area contributed by atoms with Crippen molar-refractivity contribution < 1.29 is 18.0 Å². The molecule has 0 spiro atoms. The molecular formula is C12H15F3N2O. The SMILES string of the molecule is CN(C)c1cc(C(=O)C(F)(F)F)cc(N(C)C)c1. The number of anilines is 2. The Morgan fingerprint density at radius 3 is 1.61 bits per heavy atom. The number of benzene rings is 1. The molecule has 6 heteroatoms. The topological polar surface area (TPSA) is 23.6 Å². The molecule has 0 heterocycles. The van der Waals surface area contributed by atoms with Crippen molar-refractivity contribution in [2.24, 2.45) is 0 Å². The maximum atomic E-state index is 12.4. The van der Waals surface area contributed by atoms with Gasteiger partial charge in [-0.25, -0.2) is 0 Å². The van der Waals surface area contributed by atoms with E-state index < -0.39 is 12.0 Å². The second-order valence-corrected chi connectivity index (χ2v) is 4.35. The molecule has 0 aliphatic rings. The van der Waals surface area contributed by atoms with E-state index in [1.165, 1.54) is 12.1 Å². The lowest BCUT2D eigenvalue weighted by atomic mass is 10.1. The molecule has 0 unspecified atom stereocenters. The summed E-state index contributed by atoms with van der Waals surface area (Å²) in [6.07, 6.45) is -4.85. The van der Waals surface area contributed by atoms with Crippen molar-refractivity contribution in [1.82, 2.24) is 0 Å². The Kier molecular flexibility index (Phi) is 3.88. The Hall–Kier alpha value is -1.72. The van der Waals surface area contributed by atoms with Gasteiger partial charge in [0.15, 0.2) is 0 Å². The minimum atomic E-state index is -4.85. The third-order valence-corrected chi connectivity index (χ3v) is 2.45. The zero-order chi connectivity index (χ0) is 14.1. The maximum Gasteiger partial charge on any atom is 0.454 e. The summed E-state index contributed by atoms with van der Waals surface area (Å²) in [6, 6.07) is 4.19. The van der Waals surface area contributed by atoms with Gasteiger partial charge in [0, 0.05) is 45.1 Å². The molecule has 0 aromatic heterocycles. The van der Waals surface area contributed by atoms with Crippen molar-refractivity contribution in [2.45, 2.75) is 6.18 Å². The number of carbonyl (C=O) groups excluding carboxylic acids is 1. The molecule has 0 N–H and O–H groups in total. The van der Waals surface area contributed by atoms with Gasteiger partial charge in [0.05, 0.1) is 0 Å². The number of alkyl halides is 3. The van der Waals surface area contributed by atoms with Gasteiger partial charge in [-0.05, 0) is 18.2 Å². The van der Waals surface area contributed by atoms with Crippen LogP contribution in [0.3, 0.4) is 0 Å². The molecule has 1 rings (SSSR count). The van der Waals surface area contributed by atoms with E-state index in [2.05, 4.69) is 0 Å². The van der Waals surface area contributed by atoms with Crippen LogP contribution in [0.1, 0.15) is 10.4 Å². The monoisotopic (exact) mass is 260 g/mol. The van der Waals surface area contributed by atoms with E-state index in [-0.39, 0.29) is 5.56 Å². The number of halogens is 3. The Morgan fingerprint density at radius 1 is 0.944 bits per heavy atom. The Balaban J connectivity index is 3.32. The molecule has 0 atom stereocenters. The third kappa shape index (κ3) is 3.15. The maximum absolute atomic E-state index is 12.4. The summed E-state index contributed by atoms with van der Waals surface area (Å²) in [7, 11) is 6.82. The van der Waals surface area contributed by atoms with E-state index >= 15 is 0 Å². The molecule has 100 valence electrons. The van der Waals surface area contributed by atoms with Crippen molar-refractivity contribution in [3.05, 3.63) is 23.8 Å². The first-order valence-corrected chi connectivity index (χ1v) is 5.24.